The van der Waals surface area contributed by atoms with Crippen LogP contribution in [-0.4, -0.2) is 55.6 Å². The molecule has 2 saturated heterocycles. The summed E-state index contributed by atoms with van der Waals surface area (Å²) in [5.41, 5.74) is 0.860. The lowest BCUT2D eigenvalue weighted by Crippen LogP contribution is -2.65. The summed E-state index contributed by atoms with van der Waals surface area (Å²) >= 11 is 0. The average molecular weight is 489 g/mol. The summed E-state index contributed by atoms with van der Waals surface area (Å²) in [5, 5.41) is 8.29. The largest absolute Gasteiger partial charge is 0.472 e. The number of pyridine rings is 1. The highest BCUT2D eigenvalue weighted by Gasteiger charge is 2.50. The Balaban J connectivity index is 1.45. The van der Waals surface area contributed by atoms with Gasteiger partial charge in [0.05, 0.1) is 41.3 Å². The minimum atomic E-state index is -4.50. The first kappa shape index (κ1) is 23.3. The van der Waals surface area contributed by atoms with E-state index >= 15 is 0 Å². The van der Waals surface area contributed by atoms with Crippen LogP contribution in [0.4, 0.5) is 17.6 Å². The lowest BCUT2D eigenvalue weighted by molar-refractivity contribution is -0.137. The molecule has 2 aliphatic heterocycles. The van der Waals surface area contributed by atoms with Gasteiger partial charge in [-0.25, -0.2) is 9.37 Å². The van der Waals surface area contributed by atoms with Crippen molar-refractivity contribution in [3.05, 3.63) is 65.6 Å². The van der Waals surface area contributed by atoms with Gasteiger partial charge in [0.2, 0.25) is 5.88 Å². The molecule has 1 amide bonds. The third kappa shape index (κ3) is 4.35. The van der Waals surface area contributed by atoms with E-state index in [0.717, 1.165) is 24.2 Å². The van der Waals surface area contributed by atoms with E-state index in [9.17, 15) is 22.4 Å². The van der Waals surface area contributed by atoms with Crippen molar-refractivity contribution in [2.75, 3.05) is 6.67 Å². The minimum absolute atomic E-state index is 0.0384. The molecule has 0 unspecified atom stereocenters. The molecule has 11 heteroatoms. The number of carbonyl (C=O) groups excluding carboxylic acids is 1. The highest BCUT2D eigenvalue weighted by molar-refractivity contribution is 5.98. The van der Waals surface area contributed by atoms with Crippen molar-refractivity contribution < 1.29 is 27.1 Å². The summed E-state index contributed by atoms with van der Waals surface area (Å²) in [7, 11) is 0. The summed E-state index contributed by atoms with van der Waals surface area (Å²) in [4.78, 5) is 20.5. The Labute approximate surface area is 198 Å². The predicted octanol–water partition coefficient (Wildman–Crippen LogP) is 4.40. The molecule has 0 N–H and O–H groups in total. The molecule has 1 aromatic carbocycles. The first-order valence-corrected chi connectivity index (χ1v) is 11.3. The number of fused-ring (bicyclic) bond motifs is 3. The molecule has 4 heterocycles. The summed E-state index contributed by atoms with van der Waals surface area (Å²) in [6.07, 6.45) is 0.551. The molecule has 0 radical (unpaired) electrons. The molecule has 0 spiro atoms. The van der Waals surface area contributed by atoms with Gasteiger partial charge in [0, 0.05) is 12.3 Å². The molecule has 35 heavy (non-hydrogen) atoms. The number of aromatic nitrogens is 4. The van der Waals surface area contributed by atoms with Crippen LogP contribution in [0.25, 0.3) is 5.69 Å². The number of piperidine rings is 2. The van der Waals surface area contributed by atoms with Crippen LogP contribution in [0.1, 0.15) is 40.7 Å². The van der Waals surface area contributed by atoms with Gasteiger partial charge in [0.25, 0.3) is 5.91 Å². The lowest BCUT2D eigenvalue weighted by Gasteiger charge is -2.53. The van der Waals surface area contributed by atoms with Crippen LogP contribution in [0.15, 0.2) is 48.9 Å². The van der Waals surface area contributed by atoms with Gasteiger partial charge in [0.1, 0.15) is 12.8 Å². The second-order valence-corrected chi connectivity index (χ2v) is 8.95. The molecular weight excluding hydrogens is 466 g/mol. The van der Waals surface area contributed by atoms with Crippen molar-refractivity contribution in [3.63, 3.8) is 0 Å². The first-order chi connectivity index (χ1) is 16.8. The van der Waals surface area contributed by atoms with E-state index in [1.807, 2.05) is 6.92 Å². The Morgan fingerprint density at radius 3 is 2.57 bits per heavy atom. The molecule has 2 bridgehead atoms. The molecule has 6 rings (SSSR count). The van der Waals surface area contributed by atoms with Crippen LogP contribution < -0.4 is 4.74 Å². The van der Waals surface area contributed by atoms with Crippen LogP contribution in [0.2, 0.25) is 0 Å². The van der Waals surface area contributed by atoms with Crippen molar-refractivity contribution in [2.24, 2.45) is 5.92 Å². The van der Waals surface area contributed by atoms with Crippen LogP contribution in [0.3, 0.4) is 0 Å². The number of halogens is 4. The molecule has 1 aliphatic carbocycles. The number of benzene rings is 1. The Morgan fingerprint density at radius 1 is 1.14 bits per heavy atom. The monoisotopic (exact) mass is 489 g/mol. The first-order valence-electron chi connectivity index (χ1n) is 11.3. The highest BCUT2D eigenvalue weighted by atomic mass is 19.4. The van der Waals surface area contributed by atoms with Crippen LogP contribution in [0.5, 0.6) is 5.88 Å². The summed E-state index contributed by atoms with van der Waals surface area (Å²) in [6, 6.07) is 6.30. The van der Waals surface area contributed by atoms with Crippen molar-refractivity contribution in [1.82, 2.24) is 24.9 Å². The number of rotatable bonds is 5. The van der Waals surface area contributed by atoms with Gasteiger partial charge in [-0.15, -0.1) is 0 Å². The number of amides is 1. The van der Waals surface area contributed by atoms with Crippen LogP contribution in [-0.2, 0) is 6.18 Å². The summed E-state index contributed by atoms with van der Waals surface area (Å²) in [5.74, 6) is -0.454. The molecule has 4 atom stereocenters. The number of nitrogens with zero attached hydrogens (tertiary/aromatic N) is 5. The molecular formula is C24H23F4N5O2. The third-order valence-corrected chi connectivity index (χ3v) is 6.80. The zero-order chi connectivity index (χ0) is 24.7. The fourth-order valence-corrected chi connectivity index (χ4v) is 5.15. The molecule has 3 aliphatic rings. The summed E-state index contributed by atoms with van der Waals surface area (Å²) in [6.45, 7) is 1.19. The average Bonchev–Trinajstić information content (AvgIpc) is 3.38. The maximum atomic E-state index is 14.2. The smallest absolute Gasteiger partial charge is 0.417 e. The number of ether oxygens (including phenoxy) is 1. The summed E-state index contributed by atoms with van der Waals surface area (Å²) < 4.78 is 58.8. The minimum Gasteiger partial charge on any atom is -0.472 e. The second kappa shape index (κ2) is 8.94. The zero-order valence-corrected chi connectivity index (χ0v) is 18.8. The Hall–Kier alpha value is -3.50. The fraction of sp³-hybridized carbons (Fsp3) is 0.417. The Kier molecular flexibility index (Phi) is 5.94. The highest BCUT2D eigenvalue weighted by Crippen LogP contribution is 2.42. The van der Waals surface area contributed by atoms with E-state index in [0.29, 0.717) is 24.1 Å². The van der Waals surface area contributed by atoms with Crippen molar-refractivity contribution in [3.8, 4) is 11.6 Å². The lowest BCUT2D eigenvalue weighted by atomic mass is 9.73. The molecule has 1 saturated carbocycles. The van der Waals surface area contributed by atoms with Gasteiger partial charge >= 0.3 is 6.18 Å². The molecule has 3 aromatic rings. The standard InChI is InChI=1S/C24H23F4N5O2/c1-14-2-5-17(19(10-14)33-30-8-9-31-33)23(34)32-18-6-3-15(20(32)12-25)11-21(18)35-22-7-4-16(13-29-22)24(26,27)28/h2,4-5,7-10,13,15,18,20-21H,3,6,11-12H2,1H3/t15-,18+,20-,21-/m1/s1. The van der Waals surface area contributed by atoms with E-state index in [1.54, 1.807) is 23.1 Å². The number of hydrogen-bond donors (Lipinski definition) is 0. The van der Waals surface area contributed by atoms with Gasteiger partial charge in [-0.05, 0) is 55.9 Å². The topological polar surface area (TPSA) is 73.1 Å². The predicted molar refractivity (Wildman–Crippen MR) is 117 cm³/mol. The maximum absolute atomic E-state index is 14.2. The Bertz CT molecular complexity index is 1200. The van der Waals surface area contributed by atoms with Gasteiger partial charge in [-0.1, -0.05) is 6.07 Å². The maximum Gasteiger partial charge on any atom is 0.417 e. The van der Waals surface area contributed by atoms with E-state index in [4.69, 9.17) is 4.74 Å². The molecule has 2 aromatic heterocycles. The van der Waals surface area contributed by atoms with E-state index in [1.165, 1.54) is 23.3 Å². The van der Waals surface area contributed by atoms with Gasteiger partial charge < -0.3 is 9.64 Å². The van der Waals surface area contributed by atoms with E-state index < -0.39 is 36.6 Å². The molecule has 184 valence electrons. The van der Waals surface area contributed by atoms with Gasteiger partial charge in [-0.2, -0.15) is 28.2 Å². The van der Waals surface area contributed by atoms with Gasteiger partial charge in [-0.3, -0.25) is 4.79 Å². The number of hydrogen-bond acceptors (Lipinski definition) is 5. The number of carbonyl (C=O) groups is 1. The van der Waals surface area contributed by atoms with Crippen molar-refractivity contribution >= 4 is 5.91 Å². The van der Waals surface area contributed by atoms with Gasteiger partial charge in [0.15, 0.2) is 0 Å². The van der Waals surface area contributed by atoms with Crippen molar-refractivity contribution in [1.29, 1.82) is 0 Å². The van der Waals surface area contributed by atoms with Crippen molar-refractivity contribution in [2.45, 2.75) is 50.6 Å². The number of alkyl halides is 4. The molecule has 3 fully saturated rings. The van der Waals surface area contributed by atoms with Crippen LogP contribution in [0, 0.1) is 12.8 Å². The zero-order valence-electron chi connectivity index (χ0n) is 18.8. The third-order valence-electron chi connectivity index (χ3n) is 6.80. The quantitative estimate of drug-likeness (QED) is 0.497. The SMILES string of the molecule is Cc1ccc(C(=O)N2[C@H](CF)[C@@H]3CC[C@H]2[C@H](Oc2ccc(C(F)(F)F)cn2)C3)c(-n2nccn2)c1. The second-order valence-electron chi connectivity index (χ2n) is 8.95. The fourth-order valence-electron chi connectivity index (χ4n) is 5.15. The Morgan fingerprint density at radius 2 is 1.91 bits per heavy atom. The normalized spacial score (nSPS) is 24.0. The van der Waals surface area contributed by atoms with E-state index in [2.05, 4.69) is 15.2 Å². The van der Waals surface area contributed by atoms with Crippen LogP contribution >= 0.6 is 0 Å². The van der Waals surface area contributed by atoms with E-state index in [-0.39, 0.29) is 17.7 Å². The number of aryl methyl sites for hydroxylation is 1. The molecule has 7 nitrogen and oxygen atoms in total.